The van der Waals surface area contributed by atoms with Gasteiger partial charge in [0.2, 0.25) is 0 Å². The van der Waals surface area contributed by atoms with Crippen LogP contribution in [-0.4, -0.2) is 31.2 Å². The van der Waals surface area contributed by atoms with Gasteiger partial charge in [-0.05, 0) is 30.8 Å². The van der Waals surface area contributed by atoms with Gasteiger partial charge in [0, 0.05) is 43.6 Å². The van der Waals surface area contributed by atoms with E-state index in [2.05, 4.69) is 26.6 Å². The highest BCUT2D eigenvalue weighted by Crippen LogP contribution is 2.22. The first-order valence-electron chi connectivity index (χ1n) is 7.11. The first kappa shape index (κ1) is 13.8. The van der Waals surface area contributed by atoms with Crippen LogP contribution in [-0.2, 0) is 6.54 Å². The zero-order valence-electron chi connectivity index (χ0n) is 12.0. The van der Waals surface area contributed by atoms with Crippen LogP contribution in [0.4, 0.5) is 15.9 Å². The highest BCUT2D eigenvalue weighted by atomic mass is 19.1. The maximum atomic E-state index is 12.9. The molecule has 1 fully saturated rings. The van der Waals surface area contributed by atoms with Crippen LogP contribution in [0, 0.1) is 5.82 Å². The van der Waals surface area contributed by atoms with Crippen molar-refractivity contribution < 1.29 is 4.39 Å². The monoisotopic (exact) mass is 286 g/mol. The summed E-state index contributed by atoms with van der Waals surface area (Å²) in [5.74, 6) is 0.625. The van der Waals surface area contributed by atoms with E-state index in [1.165, 1.54) is 17.8 Å². The minimum Gasteiger partial charge on any atom is -0.368 e. The molecule has 2 heterocycles. The minimum absolute atomic E-state index is 0.212. The lowest BCUT2D eigenvalue weighted by Gasteiger charge is -2.40. The van der Waals surface area contributed by atoms with E-state index < -0.39 is 0 Å². The zero-order chi connectivity index (χ0) is 14.7. The quantitative estimate of drug-likeness (QED) is 0.884. The second-order valence-corrected chi connectivity index (χ2v) is 5.27. The third-order valence-electron chi connectivity index (χ3n) is 3.79. The lowest BCUT2D eigenvalue weighted by molar-refractivity contribution is 0.450. The Morgan fingerprint density at radius 2 is 2.00 bits per heavy atom. The van der Waals surface area contributed by atoms with Gasteiger partial charge in [0.15, 0.2) is 0 Å². The van der Waals surface area contributed by atoms with Gasteiger partial charge >= 0.3 is 0 Å². The first-order valence-corrected chi connectivity index (χ1v) is 7.11. The van der Waals surface area contributed by atoms with Crippen LogP contribution < -0.4 is 15.5 Å². The number of rotatable bonds is 5. The molecule has 0 amide bonds. The van der Waals surface area contributed by atoms with Crippen molar-refractivity contribution in [3.05, 3.63) is 54.0 Å². The van der Waals surface area contributed by atoms with Crippen LogP contribution in [0.15, 0.2) is 42.6 Å². The van der Waals surface area contributed by atoms with E-state index in [1.807, 2.05) is 19.3 Å². The van der Waals surface area contributed by atoms with E-state index in [4.69, 9.17) is 0 Å². The van der Waals surface area contributed by atoms with Gasteiger partial charge in [-0.25, -0.2) is 9.37 Å². The number of likely N-dealkylation sites (N-methyl/N-ethyl adjacent to an activating group) is 1. The number of anilines is 2. The summed E-state index contributed by atoms with van der Waals surface area (Å²) < 4.78 is 12.9. The Hall–Kier alpha value is -2.14. The number of halogens is 1. The minimum atomic E-state index is -0.212. The first-order chi connectivity index (χ1) is 10.2. The molecule has 110 valence electrons. The molecule has 3 rings (SSSR count). The van der Waals surface area contributed by atoms with Crippen molar-refractivity contribution in [3.63, 3.8) is 0 Å². The van der Waals surface area contributed by atoms with Crippen molar-refractivity contribution in [1.82, 2.24) is 10.3 Å². The molecule has 1 saturated heterocycles. The molecule has 1 aromatic heterocycles. The molecule has 0 aliphatic carbocycles. The van der Waals surface area contributed by atoms with Crippen molar-refractivity contribution >= 4 is 11.5 Å². The molecule has 2 aromatic rings. The van der Waals surface area contributed by atoms with Crippen LogP contribution >= 0.6 is 0 Å². The molecule has 21 heavy (non-hydrogen) atoms. The SMILES string of the molecule is CNC1CN(c2ccnc(NCc3ccc(F)cc3)c2)C1. The summed E-state index contributed by atoms with van der Waals surface area (Å²) in [5, 5.41) is 6.54. The predicted molar refractivity (Wildman–Crippen MR) is 83.0 cm³/mol. The molecule has 4 nitrogen and oxygen atoms in total. The highest BCUT2D eigenvalue weighted by molar-refractivity contribution is 5.56. The topological polar surface area (TPSA) is 40.2 Å². The summed E-state index contributed by atoms with van der Waals surface area (Å²) in [6.07, 6.45) is 1.81. The third-order valence-corrected chi connectivity index (χ3v) is 3.79. The molecule has 1 aliphatic heterocycles. The van der Waals surface area contributed by atoms with Crippen molar-refractivity contribution in [3.8, 4) is 0 Å². The number of hydrogen-bond acceptors (Lipinski definition) is 4. The van der Waals surface area contributed by atoms with E-state index in [1.54, 1.807) is 12.1 Å². The molecule has 0 spiro atoms. The van der Waals surface area contributed by atoms with Crippen LogP contribution in [0.1, 0.15) is 5.56 Å². The van der Waals surface area contributed by atoms with Gasteiger partial charge in [0.05, 0.1) is 0 Å². The number of hydrogen-bond donors (Lipinski definition) is 2. The third kappa shape index (κ3) is 3.31. The maximum absolute atomic E-state index is 12.9. The molecule has 0 radical (unpaired) electrons. The van der Waals surface area contributed by atoms with Gasteiger partial charge in [-0.1, -0.05) is 12.1 Å². The molecule has 0 unspecified atom stereocenters. The molecule has 1 aliphatic rings. The number of benzene rings is 1. The Morgan fingerprint density at radius 1 is 1.24 bits per heavy atom. The fourth-order valence-electron chi connectivity index (χ4n) is 2.38. The van der Waals surface area contributed by atoms with Gasteiger partial charge in [-0.3, -0.25) is 0 Å². The number of nitrogens with zero attached hydrogens (tertiary/aromatic N) is 2. The van der Waals surface area contributed by atoms with Crippen molar-refractivity contribution in [2.75, 3.05) is 30.4 Å². The van der Waals surface area contributed by atoms with Gasteiger partial charge in [0.25, 0.3) is 0 Å². The van der Waals surface area contributed by atoms with Crippen LogP contribution in [0.2, 0.25) is 0 Å². The number of aromatic nitrogens is 1. The zero-order valence-corrected chi connectivity index (χ0v) is 12.0. The lowest BCUT2D eigenvalue weighted by atomic mass is 10.1. The summed E-state index contributed by atoms with van der Waals surface area (Å²) in [5.41, 5.74) is 2.21. The predicted octanol–water partition coefficient (Wildman–Crippen LogP) is 2.24. The van der Waals surface area contributed by atoms with Crippen LogP contribution in [0.5, 0.6) is 0 Å². The molecule has 5 heteroatoms. The summed E-state index contributed by atoms with van der Waals surface area (Å²) in [7, 11) is 1.99. The van der Waals surface area contributed by atoms with Crippen LogP contribution in [0.25, 0.3) is 0 Å². The summed E-state index contributed by atoms with van der Waals surface area (Å²) in [6.45, 7) is 2.69. The molecular weight excluding hydrogens is 267 g/mol. The summed E-state index contributed by atoms with van der Waals surface area (Å²) >= 11 is 0. The van der Waals surface area contributed by atoms with E-state index in [0.717, 1.165) is 24.5 Å². The summed E-state index contributed by atoms with van der Waals surface area (Å²) in [4.78, 5) is 6.64. The molecule has 2 N–H and O–H groups in total. The van der Waals surface area contributed by atoms with E-state index in [0.29, 0.717) is 12.6 Å². The highest BCUT2D eigenvalue weighted by Gasteiger charge is 2.25. The second-order valence-electron chi connectivity index (χ2n) is 5.27. The molecule has 0 saturated carbocycles. The normalized spacial score (nSPS) is 14.9. The fourth-order valence-corrected chi connectivity index (χ4v) is 2.38. The van der Waals surface area contributed by atoms with Crippen molar-refractivity contribution in [1.29, 1.82) is 0 Å². The summed E-state index contributed by atoms with van der Waals surface area (Å²) in [6, 6.07) is 11.1. The van der Waals surface area contributed by atoms with Crippen molar-refractivity contribution in [2.45, 2.75) is 12.6 Å². The standard InChI is InChI=1S/C16H19FN4/c1-18-14-10-21(11-14)15-6-7-19-16(8-15)20-9-12-2-4-13(17)5-3-12/h2-8,14,18H,9-11H2,1H3,(H,19,20). The average Bonchev–Trinajstić information content (AvgIpc) is 2.46. The van der Waals surface area contributed by atoms with Gasteiger partial charge in [-0.2, -0.15) is 0 Å². The van der Waals surface area contributed by atoms with Crippen LogP contribution in [0.3, 0.4) is 0 Å². The van der Waals surface area contributed by atoms with Gasteiger partial charge in [0.1, 0.15) is 11.6 Å². The van der Waals surface area contributed by atoms with E-state index >= 15 is 0 Å². The molecule has 0 atom stereocenters. The van der Waals surface area contributed by atoms with E-state index in [9.17, 15) is 4.39 Å². The Kier molecular flexibility index (Phi) is 4.01. The molecule has 0 bridgehead atoms. The lowest BCUT2D eigenvalue weighted by Crippen LogP contribution is -2.57. The van der Waals surface area contributed by atoms with Crippen molar-refractivity contribution in [2.24, 2.45) is 0 Å². The Morgan fingerprint density at radius 3 is 2.71 bits per heavy atom. The number of nitrogens with one attached hydrogen (secondary N) is 2. The molecule has 1 aromatic carbocycles. The largest absolute Gasteiger partial charge is 0.368 e. The smallest absolute Gasteiger partial charge is 0.128 e. The number of pyridine rings is 1. The maximum Gasteiger partial charge on any atom is 0.128 e. The van der Waals surface area contributed by atoms with Gasteiger partial charge < -0.3 is 15.5 Å². The average molecular weight is 286 g/mol. The van der Waals surface area contributed by atoms with Gasteiger partial charge in [-0.15, -0.1) is 0 Å². The Bertz CT molecular complexity index is 593. The van der Waals surface area contributed by atoms with E-state index in [-0.39, 0.29) is 5.82 Å². The molecular formula is C16H19FN4. The Labute approximate surface area is 124 Å². The fraction of sp³-hybridized carbons (Fsp3) is 0.312. The Balaban J connectivity index is 1.60. The second kappa shape index (κ2) is 6.10.